The molecule has 0 aliphatic rings. The van der Waals surface area contributed by atoms with Crippen molar-refractivity contribution in [3.05, 3.63) is 93.1 Å². The van der Waals surface area contributed by atoms with Crippen LogP contribution in [0.25, 0.3) is 21.8 Å². The maximum atomic E-state index is 11.9. The maximum absolute atomic E-state index is 11.9. The molecule has 233 valence electrons. The van der Waals surface area contributed by atoms with E-state index in [1.165, 1.54) is 58.4 Å². The number of fused-ring (bicyclic) bond motifs is 3. The molecule has 0 bridgehead atoms. The molecule has 1 radical (unpaired) electrons. The van der Waals surface area contributed by atoms with Crippen molar-refractivity contribution in [1.82, 2.24) is 24.9 Å². The molecular formula is C27H24BBrClN6O9. The third-order valence-corrected chi connectivity index (χ3v) is 6.14. The minimum absolute atomic E-state index is 0. The number of anilines is 1. The molecule has 0 fully saturated rings. The van der Waals surface area contributed by atoms with E-state index in [4.69, 9.17) is 10.8 Å². The van der Waals surface area contributed by atoms with Crippen LogP contribution in [0.1, 0.15) is 31.2 Å². The van der Waals surface area contributed by atoms with Crippen LogP contribution < -0.4 is 15.9 Å². The number of hydrogen-bond acceptors (Lipinski definition) is 14. The molecule has 0 unspecified atom stereocenters. The number of aromatic amines is 1. The van der Waals surface area contributed by atoms with E-state index >= 15 is 0 Å². The smallest absolute Gasteiger partial charge is 0.536 e. The molecule has 15 nitrogen and oxygen atoms in total. The molecular weight excluding hydrogens is 678 g/mol. The van der Waals surface area contributed by atoms with Crippen LogP contribution in [0.3, 0.4) is 0 Å². The van der Waals surface area contributed by atoms with E-state index in [2.05, 4.69) is 59.7 Å². The number of nitrogens with one attached hydrogen (secondary N) is 1. The summed E-state index contributed by atoms with van der Waals surface area (Å²) in [6, 6.07) is 9.32. The minimum Gasteiger partial charge on any atom is -0.536 e. The number of nitrogens with zero attached hydrogens (tertiary/aromatic N) is 4. The van der Waals surface area contributed by atoms with Crippen LogP contribution in [0.5, 0.6) is 5.75 Å². The number of pyridine rings is 1. The number of aromatic nitrogens is 5. The van der Waals surface area contributed by atoms with E-state index in [1.807, 2.05) is 0 Å². The Balaban J connectivity index is 0.000000243. The van der Waals surface area contributed by atoms with E-state index in [1.54, 1.807) is 24.4 Å². The number of H-pyrrole nitrogens is 1. The van der Waals surface area contributed by atoms with Crippen LogP contribution in [0.15, 0.2) is 70.7 Å². The first-order valence-corrected chi connectivity index (χ1v) is 12.9. The average molecular weight is 703 g/mol. The summed E-state index contributed by atoms with van der Waals surface area (Å²) in [4.78, 5) is 63.3. The number of rotatable bonds is 5. The van der Waals surface area contributed by atoms with Gasteiger partial charge in [-0.15, -0.1) is 12.4 Å². The van der Waals surface area contributed by atoms with Crippen molar-refractivity contribution >= 4 is 81.4 Å². The van der Waals surface area contributed by atoms with Crippen LogP contribution in [-0.2, 0) is 14.2 Å². The van der Waals surface area contributed by atoms with Crippen molar-refractivity contribution in [2.75, 3.05) is 27.1 Å². The van der Waals surface area contributed by atoms with E-state index in [-0.39, 0.29) is 35.1 Å². The van der Waals surface area contributed by atoms with Crippen LogP contribution in [0.2, 0.25) is 0 Å². The Morgan fingerprint density at radius 3 is 2.07 bits per heavy atom. The summed E-state index contributed by atoms with van der Waals surface area (Å²) < 4.78 is 18.8. The number of nitrogen functional groups attached to an aromatic ring is 1. The quantitative estimate of drug-likeness (QED) is 0.0789. The van der Waals surface area contributed by atoms with Crippen molar-refractivity contribution in [3.8, 4) is 5.75 Å². The van der Waals surface area contributed by atoms with Gasteiger partial charge in [0.1, 0.15) is 23.9 Å². The summed E-state index contributed by atoms with van der Waals surface area (Å²) in [6.07, 6.45) is 5.68. The molecule has 0 aliphatic heterocycles. The summed E-state index contributed by atoms with van der Waals surface area (Å²) in [5, 5.41) is 9.81. The molecule has 0 atom stereocenters. The normalized spacial score (nSPS) is 9.71. The Labute approximate surface area is 270 Å². The van der Waals surface area contributed by atoms with Gasteiger partial charge in [0.2, 0.25) is 0 Å². The van der Waals surface area contributed by atoms with E-state index in [0.29, 0.717) is 39.7 Å². The number of hydrogen-bond donors (Lipinski definition) is 3. The van der Waals surface area contributed by atoms with Gasteiger partial charge in [0.15, 0.2) is 5.69 Å². The fourth-order valence-corrected chi connectivity index (χ4v) is 3.92. The highest BCUT2D eigenvalue weighted by molar-refractivity contribution is 9.10. The summed E-state index contributed by atoms with van der Waals surface area (Å²) in [5.41, 5.74) is 7.29. The predicted molar refractivity (Wildman–Crippen MR) is 168 cm³/mol. The van der Waals surface area contributed by atoms with Gasteiger partial charge < -0.3 is 34.6 Å². The van der Waals surface area contributed by atoms with Crippen molar-refractivity contribution < 1.29 is 38.3 Å². The number of carbonyl (C=O) groups excluding carboxylic acids is 3. The first-order valence-electron chi connectivity index (χ1n) is 12.1. The molecule has 18 heteroatoms. The molecule has 3 aromatic heterocycles. The van der Waals surface area contributed by atoms with Crippen molar-refractivity contribution in [2.45, 2.75) is 0 Å². The van der Waals surface area contributed by atoms with E-state index < -0.39 is 17.9 Å². The Kier molecular flexibility index (Phi) is 13.8. The molecule has 5 rings (SSSR count). The Morgan fingerprint density at radius 2 is 1.47 bits per heavy atom. The second-order valence-electron chi connectivity index (χ2n) is 8.17. The minimum atomic E-state index is -0.476. The molecule has 0 amide bonds. The molecule has 45 heavy (non-hydrogen) atoms. The zero-order valence-corrected chi connectivity index (χ0v) is 26.1. The number of halogens is 2. The second-order valence-corrected chi connectivity index (χ2v) is 9.02. The lowest BCUT2D eigenvalue weighted by Crippen LogP contribution is -2.09. The van der Waals surface area contributed by atoms with Gasteiger partial charge in [-0.05, 0) is 46.3 Å². The monoisotopic (exact) mass is 701 g/mol. The molecule has 0 spiro atoms. The fraction of sp³-hybridized carbons (Fsp3) is 0.111. The summed E-state index contributed by atoms with van der Waals surface area (Å²) in [7, 11) is 4.41. The van der Waals surface area contributed by atoms with E-state index in [0.717, 1.165) is 5.39 Å². The van der Waals surface area contributed by atoms with Crippen LogP contribution in [0.4, 0.5) is 5.69 Å². The van der Waals surface area contributed by atoms with Gasteiger partial charge in [-0.1, -0.05) is 6.07 Å². The third-order valence-electron chi connectivity index (χ3n) is 5.56. The van der Waals surface area contributed by atoms with Crippen LogP contribution in [0, 0.1) is 0 Å². The highest BCUT2D eigenvalue weighted by atomic mass is 79.9. The lowest BCUT2D eigenvalue weighted by atomic mass is 10.1. The predicted octanol–water partition coefficient (Wildman–Crippen LogP) is 2.67. The van der Waals surface area contributed by atoms with Crippen LogP contribution >= 0.6 is 28.3 Å². The number of methoxy groups -OCH3 is 3. The molecule has 3 heterocycles. The zero-order chi connectivity index (χ0) is 32.2. The number of ether oxygens (including phenoxy) is 3. The summed E-state index contributed by atoms with van der Waals surface area (Å²) in [6.45, 7) is 0. The Morgan fingerprint density at radius 1 is 0.867 bits per heavy atom. The van der Waals surface area contributed by atoms with Crippen molar-refractivity contribution in [2.24, 2.45) is 0 Å². The maximum Gasteiger partial charge on any atom is 0.569 e. The molecule has 5 aromatic rings. The molecule has 0 saturated heterocycles. The second kappa shape index (κ2) is 17.2. The zero-order valence-electron chi connectivity index (χ0n) is 23.7. The topological polar surface area (TPSA) is 219 Å². The van der Waals surface area contributed by atoms with Gasteiger partial charge in [-0.2, -0.15) is 0 Å². The largest absolute Gasteiger partial charge is 0.569 e. The first-order chi connectivity index (χ1) is 21.1. The standard InChI is InChI=1S/C13H9N3O3.C8H9BNO4.C6H5BrN2O2.ClH/c1-19-13(18)7-2-3-8-9-5-14-6-15-11(9)12(17)16-10(8)4-7;1-13-8(11)5-2-3-7(14-9-12)6(10)4-5;1-11-6(10)5-4(7)2-8-3-9-5;/h2-6H,1H3,(H,16,17);2-4,12H,10H2,1H3;2-3H,1H3;1H. The van der Waals surface area contributed by atoms with Gasteiger partial charge in [-0.25, -0.2) is 34.3 Å². The Hall–Kier alpha value is -5.13. The number of esters is 3. The van der Waals surface area contributed by atoms with Crippen molar-refractivity contribution in [3.63, 3.8) is 0 Å². The summed E-state index contributed by atoms with van der Waals surface area (Å²) in [5.74, 6) is -1.12. The number of benzene rings is 2. The summed E-state index contributed by atoms with van der Waals surface area (Å²) >= 11 is 3.11. The lowest BCUT2D eigenvalue weighted by molar-refractivity contribution is 0.0586. The molecule has 0 aliphatic carbocycles. The van der Waals surface area contributed by atoms with Gasteiger partial charge in [0.25, 0.3) is 5.56 Å². The van der Waals surface area contributed by atoms with Gasteiger partial charge >= 0.3 is 25.6 Å². The SMILES string of the molecule is COC(=O)c1ccc(O[B]O)c(N)c1.COC(=O)c1ccc2c(c1)[nH]c(=O)c1ncncc12.COC(=O)c1ncncc1Br.Cl. The van der Waals surface area contributed by atoms with Gasteiger partial charge in [-0.3, -0.25) is 4.79 Å². The first kappa shape index (κ1) is 36.1. The third kappa shape index (κ3) is 9.18. The van der Waals surface area contributed by atoms with Crippen LogP contribution in [-0.4, -0.2) is 76.9 Å². The average Bonchev–Trinajstić information content (AvgIpc) is 3.05. The lowest BCUT2D eigenvalue weighted by Gasteiger charge is -2.06. The molecule has 4 N–H and O–H groups in total. The molecule has 2 aromatic carbocycles. The number of nitrogens with two attached hydrogens (primary N) is 1. The van der Waals surface area contributed by atoms with Gasteiger partial charge in [0.05, 0.1) is 42.6 Å². The highest BCUT2D eigenvalue weighted by Gasteiger charge is 2.12. The Bertz CT molecular complexity index is 1880. The number of carbonyl (C=O) groups is 3. The highest BCUT2D eigenvalue weighted by Crippen LogP contribution is 2.22. The molecule has 0 saturated carbocycles. The van der Waals surface area contributed by atoms with Gasteiger partial charge in [0, 0.05) is 28.7 Å². The van der Waals surface area contributed by atoms with E-state index in [9.17, 15) is 19.2 Å². The fourth-order valence-electron chi connectivity index (χ4n) is 3.53. The van der Waals surface area contributed by atoms with Crippen molar-refractivity contribution in [1.29, 1.82) is 0 Å².